The van der Waals surface area contributed by atoms with E-state index in [1.807, 2.05) is 0 Å². The number of ketones is 2. The van der Waals surface area contributed by atoms with Crippen LogP contribution in [0.5, 0.6) is 5.75 Å². The summed E-state index contributed by atoms with van der Waals surface area (Å²) in [6.45, 7) is 1.33. The molecule has 0 saturated heterocycles. The largest absolute Gasteiger partial charge is 0.506 e. The third-order valence-electron chi connectivity index (χ3n) is 5.44. The van der Waals surface area contributed by atoms with Gasteiger partial charge in [0.15, 0.2) is 5.78 Å². The predicted molar refractivity (Wildman–Crippen MR) is 120 cm³/mol. The van der Waals surface area contributed by atoms with Crippen LogP contribution in [0.1, 0.15) is 30.1 Å². The topological polar surface area (TPSA) is 115 Å². The van der Waals surface area contributed by atoms with Gasteiger partial charge >= 0.3 is 0 Å². The summed E-state index contributed by atoms with van der Waals surface area (Å²) in [5, 5.41) is 11.6. The van der Waals surface area contributed by atoms with Gasteiger partial charge in [-0.1, -0.05) is 18.2 Å². The summed E-state index contributed by atoms with van der Waals surface area (Å²) < 4.78 is 29.0. The number of aromatic hydroxyl groups is 1. The van der Waals surface area contributed by atoms with Crippen LogP contribution in [0.2, 0.25) is 0 Å². The number of para-hydroxylation sites is 1. The predicted octanol–water partition coefficient (Wildman–Crippen LogP) is 2.99. The molecule has 0 atom stereocenters. The number of rotatable bonds is 6. The second-order valence-electron chi connectivity index (χ2n) is 7.57. The lowest BCUT2D eigenvalue weighted by molar-refractivity contribution is -0.117. The molecule has 0 radical (unpaired) electrons. The summed E-state index contributed by atoms with van der Waals surface area (Å²) in [7, 11) is -2.59. The zero-order valence-corrected chi connectivity index (χ0v) is 18.2. The number of carbonyl (C=O) groups excluding carboxylic acids is 2. The fourth-order valence-electron chi connectivity index (χ4n) is 3.72. The Hall–Kier alpha value is -3.72. The molecule has 0 saturated carbocycles. The van der Waals surface area contributed by atoms with Crippen molar-refractivity contribution < 1.29 is 23.1 Å². The van der Waals surface area contributed by atoms with Gasteiger partial charge in [0.25, 0.3) is 15.6 Å². The van der Waals surface area contributed by atoms with Gasteiger partial charge in [-0.15, -0.1) is 0 Å². The number of nitrogens with zero attached hydrogens (tertiary/aromatic N) is 2. The molecule has 0 unspecified atom stereocenters. The minimum atomic E-state index is -4.02. The normalized spacial score (nSPS) is 11.8. The summed E-state index contributed by atoms with van der Waals surface area (Å²) in [5.74, 6) is -1.49. The van der Waals surface area contributed by atoms with Crippen molar-refractivity contribution in [1.82, 2.24) is 8.54 Å². The molecular weight excluding hydrogens is 432 g/mol. The zero-order valence-electron chi connectivity index (χ0n) is 17.4. The van der Waals surface area contributed by atoms with Crippen molar-refractivity contribution in [1.29, 1.82) is 0 Å². The second-order valence-corrected chi connectivity index (χ2v) is 9.38. The first-order valence-electron chi connectivity index (χ1n) is 9.83. The summed E-state index contributed by atoms with van der Waals surface area (Å²) in [6, 6.07) is 12.7. The standard InChI is InChI=1S/C23H20N2O6S/c1-14(26)7-10-20(27)21-22(28)17-13-16(8-9-19(17)24(2)23(21)29)32(30,31)25-12-11-15-5-3-4-6-18(15)25/h3-6,8-9,11-13,28H,7,10H2,1-2H3. The molecule has 2 aromatic heterocycles. The third kappa shape index (κ3) is 3.40. The van der Waals surface area contributed by atoms with Gasteiger partial charge in [0.2, 0.25) is 0 Å². The molecule has 0 aliphatic rings. The van der Waals surface area contributed by atoms with Crippen LogP contribution in [0, 0.1) is 0 Å². The first-order chi connectivity index (χ1) is 15.1. The van der Waals surface area contributed by atoms with E-state index in [9.17, 15) is 27.9 Å². The third-order valence-corrected chi connectivity index (χ3v) is 7.13. The van der Waals surface area contributed by atoms with Gasteiger partial charge < -0.3 is 14.5 Å². The molecule has 4 aromatic rings. The first-order valence-corrected chi connectivity index (χ1v) is 11.3. The molecule has 0 bridgehead atoms. The summed E-state index contributed by atoms with van der Waals surface area (Å²) in [4.78, 5) is 36.3. The molecule has 9 heteroatoms. The highest BCUT2D eigenvalue weighted by Gasteiger charge is 2.24. The number of benzene rings is 2. The molecule has 0 aliphatic carbocycles. The van der Waals surface area contributed by atoms with Gasteiger partial charge in [0.1, 0.15) is 17.1 Å². The fourth-order valence-corrected chi connectivity index (χ4v) is 5.10. The van der Waals surface area contributed by atoms with Crippen molar-refractivity contribution >= 4 is 43.4 Å². The molecule has 8 nitrogen and oxygen atoms in total. The summed E-state index contributed by atoms with van der Waals surface area (Å²) in [5.41, 5.74) is -0.401. The van der Waals surface area contributed by atoms with Gasteiger partial charge in [-0.3, -0.25) is 9.59 Å². The van der Waals surface area contributed by atoms with E-state index in [1.165, 1.54) is 42.9 Å². The number of pyridine rings is 1. The van der Waals surface area contributed by atoms with Crippen molar-refractivity contribution in [2.24, 2.45) is 7.05 Å². The highest BCUT2D eigenvalue weighted by molar-refractivity contribution is 7.90. The van der Waals surface area contributed by atoms with E-state index in [0.717, 1.165) is 9.36 Å². The zero-order chi connectivity index (χ0) is 23.2. The molecule has 2 heterocycles. The number of fused-ring (bicyclic) bond motifs is 2. The van der Waals surface area contributed by atoms with Crippen molar-refractivity contribution in [2.75, 3.05) is 0 Å². The van der Waals surface area contributed by atoms with Gasteiger partial charge in [0.05, 0.1) is 15.9 Å². The summed E-state index contributed by atoms with van der Waals surface area (Å²) >= 11 is 0. The molecule has 2 aromatic carbocycles. The smallest absolute Gasteiger partial charge is 0.268 e. The van der Waals surface area contributed by atoms with E-state index < -0.39 is 32.7 Å². The van der Waals surface area contributed by atoms with Gasteiger partial charge in [-0.05, 0) is 37.3 Å². The lowest BCUT2D eigenvalue weighted by atomic mass is 10.0. The molecular formula is C23H20N2O6S. The fraction of sp³-hybridized carbons (Fsp3) is 0.174. The van der Waals surface area contributed by atoms with E-state index in [4.69, 9.17) is 0 Å². The Labute approximate surface area is 183 Å². The van der Waals surface area contributed by atoms with Crippen LogP contribution in [0.25, 0.3) is 21.8 Å². The molecule has 4 rings (SSSR count). The average molecular weight is 452 g/mol. The van der Waals surface area contributed by atoms with E-state index in [2.05, 4.69) is 0 Å². The molecule has 0 amide bonds. The Balaban J connectivity index is 1.91. The van der Waals surface area contributed by atoms with Crippen LogP contribution < -0.4 is 5.56 Å². The maximum atomic E-state index is 13.3. The number of Topliss-reactive ketones (excluding diaryl/α,β-unsaturated/α-hetero) is 2. The Morgan fingerprint density at radius 2 is 1.72 bits per heavy atom. The van der Waals surface area contributed by atoms with E-state index >= 15 is 0 Å². The molecule has 0 spiro atoms. The van der Waals surface area contributed by atoms with E-state index in [1.54, 1.807) is 30.3 Å². The molecule has 0 aliphatic heterocycles. The Kier molecular flexibility index (Phi) is 5.21. The van der Waals surface area contributed by atoms with Crippen LogP contribution in [-0.2, 0) is 21.9 Å². The van der Waals surface area contributed by atoms with Crippen LogP contribution in [-0.4, -0.2) is 33.6 Å². The Bertz CT molecular complexity index is 1580. The maximum Gasteiger partial charge on any atom is 0.268 e. The Morgan fingerprint density at radius 3 is 2.44 bits per heavy atom. The number of aromatic nitrogens is 2. The number of aryl methyl sites for hydroxylation is 1. The average Bonchev–Trinajstić information content (AvgIpc) is 3.21. The van der Waals surface area contributed by atoms with Crippen molar-refractivity contribution in [3.63, 3.8) is 0 Å². The van der Waals surface area contributed by atoms with Crippen LogP contribution in [0.4, 0.5) is 0 Å². The number of hydrogen-bond acceptors (Lipinski definition) is 6. The minimum Gasteiger partial charge on any atom is -0.506 e. The van der Waals surface area contributed by atoms with Crippen molar-refractivity contribution in [3.05, 3.63) is 70.6 Å². The van der Waals surface area contributed by atoms with Crippen LogP contribution >= 0.6 is 0 Å². The SMILES string of the molecule is CC(=O)CCC(=O)c1c(O)c2cc(S(=O)(=O)n3ccc4ccccc43)ccc2n(C)c1=O. The Morgan fingerprint density at radius 1 is 1.00 bits per heavy atom. The number of hydrogen-bond donors (Lipinski definition) is 1. The van der Waals surface area contributed by atoms with Gasteiger partial charge in [0, 0.05) is 36.9 Å². The quantitative estimate of drug-likeness (QED) is 0.450. The minimum absolute atomic E-state index is 0.0517. The van der Waals surface area contributed by atoms with E-state index in [0.29, 0.717) is 5.52 Å². The van der Waals surface area contributed by atoms with Gasteiger partial charge in [-0.25, -0.2) is 12.4 Å². The van der Waals surface area contributed by atoms with Crippen LogP contribution in [0.15, 0.2) is 64.4 Å². The maximum absolute atomic E-state index is 13.3. The number of carbonyl (C=O) groups is 2. The van der Waals surface area contributed by atoms with Crippen LogP contribution in [0.3, 0.4) is 0 Å². The van der Waals surface area contributed by atoms with Crippen molar-refractivity contribution in [2.45, 2.75) is 24.7 Å². The van der Waals surface area contributed by atoms with E-state index in [-0.39, 0.29) is 34.4 Å². The molecule has 164 valence electrons. The monoisotopic (exact) mass is 452 g/mol. The highest BCUT2D eigenvalue weighted by Crippen LogP contribution is 2.31. The lowest BCUT2D eigenvalue weighted by Gasteiger charge is -2.13. The molecule has 0 fully saturated rings. The highest BCUT2D eigenvalue weighted by atomic mass is 32.2. The van der Waals surface area contributed by atoms with Crippen molar-refractivity contribution in [3.8, 4) is 5.75 Å². The van der Waals surface area contributed by atoms with Gasteiger partial charge in [-0.2, -0.15) is 0 Å². The second kappa shape index (κ2) is 7.76. The molecule has 1 N–H and O–H groups in total. The lowest BCUT2D eigenvalue weighted by Crippen LogP contribution is -2.25. The first kappa shape index (κ1) is 21.5. The molecule has 32 heavy (non-hydrogen) atoms. The summed E-state index contributed by atoms with van der Waals surface area (Å²) in [6.07, 6.45) is 1.16.